The predicted octanol–water partition coefficient (Wildman–Crippen LogP) is 0.639. The van der Waals surface area contributed by atoms with Crippen molar-refractivity contribution in [2.24, 2.45) is 0 Å². The molecule has 0 radical (unpaired) electrons. The number of carboxylic acids is 1. The van der Waals surface area contributed by atoms with Gasteiger partial charge >= 0.3 is 5.97 Å². The molecule has 0 aliphatic carbocycles. The van der Waals surface area contributed by atoms with Crippen molar-refractivity contribution in [2.45, 2.75) is 30.8 Å². The molecule has 1 saturated heterocycles. The van der Waals surface area contributed by atoms with E-state index < -0.39 is 16.0 Å². The molecule has 9 nitrogen and oxygen atoms in total. The van der Waals surface area contributed by atoms with Gasteiger partial charge in [-0.15, -0.1) is 0 Å². The van der Waals surface area contributed by atoms with Gasteiger partial charge in [-0.3, -0.25) is 4.68 Å². The molecule has 0 aromatic carbocycles. The predicted molar refractivity (Wildman–Crippen MR) is 79.5 cm³/mol. The molecule has 124 valence electrons. The summed E-state index contributed by atoms with van der Waals surface area (Å²) in [5.74, 6) is -1.01. The van der Waals surface area contributed by atoms with Crippen LogP contribution in [-0.4, -0.2) is 56.6 Å². The van der Waals surface area contributed by atoms with Crippen molar-refractivity contribution in [3.05, 3.63) is 30.0 Å². The SMILES string of the molecule is Cc1c(C(=O)O)cnn1C1CCN(S(=O)(=O)c2cnc[nH]2)CC1. The van der Waals surface area contributed by atoms with E-state index in [1.807, 2.05) is 0 Å². The minimum absolute atomic E-state index is 0.00341. The molecule has 0 bridgehead atoms. The largest absolute Gasteiger partial charge is 0.478 e. The van der Waals surface area contributed by atoms with E-state index in [1.165, 1.54) is 23.0 Å². The lowest BCUT2D eigenvalue weighted by Crippen LogP contribution is -2.39. The van der Waals surface area contributed by atoms with E-state index in [4.69, 9.17) is 5.11 Å². The van der Waals surface area contributed by atoms with Gasteiger partial charge in [0.25, 0.3) is 10.0 Å². The minimum atomic E-state index is -3.55. The first-order valence-electron chi connectivity index (χ1n) is 7.17. The fraction of sp³-hybridized carbons (Fsp3) is 0.462. The maximum Gasteiger partial charge on any atom is 0.339 e. The average molecular weight is 339 g/mol. The molecule has 0 atom stereocenters. The van der Waals surface area contributed by atoms with E-state index >= 15 is 0 Å². The van der Waals surface area contributed by atoms with Crippen molar-refractivity contribution in [3.63, 3.8) is 0 Å². The molecular weight excluding hydrogens is 322 g/mol. The van der Waals surface area contributed by atoms with Crippen LogP contribution in [0.5, 0.6) is 0 Å². The van der Waals surface area contributed by atoms with Crippen LogP contribution in [0.25, 0.3) is 0 Å². The monoisotopic (exact) mass is 339 g/mol. The molecule has 0 spiro atoms. The number of H-pyrrole nitrogens is 1. The van der Waals surface area contributed by atoms with Crippen LogP contribution >= 0.6 is 0 Å². The van der Waals surface area contributed by atoms with Crippen LogP contribution < -0.4 is 0 Å². The maximum atomic E-state index is 12.4. The molecule has 3 rings (SSSR count). The van der Waals surface area contributed by atoms with Crippen LogP contribution in [0.4, 0.5) is 0 Å². The third-order valence-corrected chi connectivity index (χ3v) is 5.96. The summed E-state index contributed by atoms with van der Waals surface area (Å²) in [5, 5.41) is 13.3. The third-order valence-electron chi connectivity index (χ3n) is 4.14. The molecule has 1 aliphatic heterocycles. The summed E-state index contributed by atoms with van der Waals surface area (Å²) < 4.78 is 27.9. The highest BCUT2D eigenvalue weighted by atomic mass is 32.2. The summed E-state index contributed by atoms with van der Waals surface area (Å²) in [6.45, 7) is 2.42. The van der Waals surface area contributed by atoms with Crippen molar-refractivity contribution in [3.8, 4) is 0 Å². The van der Waals surface area contributed by atoms with Gasteiger partial charge in [-0.2, -0.15) is 9.40 Å². The van der Waals surface area contributed by atoms with Gasteiger partial charge in [0.2, 0.25) is 0 Å². The number of hydrogen-bond donors (Lipinski definition) is 2. The Morgan fingerprint density at radius 2 is 2.04 bits per heavy atom. The normalized spacial score (nSPS) is 17.4. The summed E-state index contributed by atoms with van der Waals surface area (Å²) in [6, 6.07) is -0.00341. The summed E-state index contributed by atoms with van der Waals surface area (Å²) in [6.07, 6.45) is 5.12. The number of rotatable bonds is 4. The third kappa shape index (κ3) is 2.75. The fourth-order valence-electron chi connectivity index (χ4n) is 2.85. The first kappa shape index (κ1) is 15.7. The Kier molecular flexibility index (Phi) is 3.94. The van der Waals surface area contributed by atoms with Crippen LogP contribution in [0.1, 0.15) is 34.9 Å². The average Bonchev–Trinajstić information content (AvgIpc) is 3.17. The summed E-state index contributed by atoms with van der Waals surface area (Å²) in [5.41, 5.74) is 0.768. The topological polar surface area (TPSA) is 121 Å². The highest BCUT2D eigenvalue weighted by molar-refractivity contribution is 7.89. The first-order valence-corrected chi connectivity index (χ1v) is 8.61. The van der Waals surface area contributed by atoms with Crippen molar-refractivity contribution in [1.82, 2.24) is 24.1 Å². The maximum absolute atomic E-state index is 12.4. The van der Waals surface area contributed by atoms with Crippen LogP contribution in [0.3, 0.4) is 0 Å². The molecule has 2 N–H and O–H groups in total. The Bertz CT molecular complexity index is 804. The molecule has 0 saturated carbocycles. The van der Waals surface area contributed by atoms with Gasteiger partial charge in [0.15, 0.2) is 5.03 Å². The zero-order chi connectivity index (χ0) is 16.6. The number of sulfonamides is 1. The van der Waals surface area contributed by atoms with Gasteiger partial charge in [-0.05, 0) is 19.8 Å². The van der Waals surface area contributed by atoms with Crippen molar-refractivity contribution < 1.29 is 18.3 Å². The van der Waals surface area contributed by atoms with E-state index in [1.54, 1.807) is 11.6 Å². The number of carboxylic acid groups (broad SMARTS) is 1. The number of nitrogens with zero attached hydrogens (tertiary/aromatic N) is 4. The van der Waals surface area contributed by atoms with E-state index in [2.05, 4.69) is 15.1 Å². The quantitative estimate of drug-likeness (QED) is 0.843. The van der Waals surface area contributed by atoms with Crippen molar-refractivity contribution >= 4 is 16.0 Å². The van der Waals surface area contributed by atoms with Crippen molar-refractivity contribution in [2.75, 3.05) is 13.1 Å². The zero-order valence-electron chi connectivity index (χ0n) is 12.5. The van der Waals surface area contributed by atoms with Crippen LogP contribution in [-0.2, 0) is 10.0 Å². The van der Waals surface area contributed by atoms with E-state index in [0.717, 1.165) is 0 Å². The second kappa shape index (κ2) is 5.78. The van der Waals surface area contributed by atoms with Gasteiger partial charge in [0.1, 0.15) is 5.56 Å². The Labute approximate surface area is 133 Å². The van der Waals surface area contributed by atoms with Crippen molar-refractivity contribution in [1.29, 1.82) is 0 Å². The second-order valence-electron chi connectivity index (χ2n) is 5.44. The van der Waals surface area contributed by atoms with E-state index in [-0.39, 0.29) is 16.6 Å². The summed E-state index contributed by atoms with van der Waals surface area (Å²) in [4.78, 5) is 17.4. The first-order chi connectivity index (χ1) is 10.9. The van der Waals surface area contributed by atoms with Gasteiger partial charge < -0.3 is 10.1 Å². The molecule has 10 heteroatoms. The smallest absolute Gasteiger partial charge is 0.339 e. The number of aromatic carboxylic acids is 1. The molecule has 2 aromatic rings. The number of imidazole rings is 1. The van der Waals surface area contributed by atoms with E-state index in [9.17, 15) is 13.2 Å². The van der Waals surface area contributed by atoms with Crippen LogP contribution in [0.15, 0.2) is 23.7 Å². The Hall–Kier alpha value is -2.20. The lowest BCUT2D eigenvalue weighted by atomic mass is 10.1. The van der Waals surface area contributed by atoms with Crippen LogP contribution in [0, 0.1) is 6.92 Å². The molecule has 1 fully saturated rings. The lowest BCUT2D eigenvalue weighted by Gasteiger charge is -2.31. The number of piperidine rings is 1. The number of hydrogen-bond acceptors (Lipinski definition) is 5. The Morgan fingerprint density at radius 1 is 1.35 bits per heavy atom. The summed E-state index contributed by atoms with van der Waals surface area (Å²) >= 11 is 0. The fourth-order valence-corrected chi connectivity index (χ4v) is 4.22. The van der Waals surface area contributed by atoms with Gasteiger partial charge in [0, 0.05) is 13.1 Å². The number of aromatic nitrogens is 4. The highest BCUT2D eigenvalue weighted by Gasteiger charge is 2.32. The van der Waals surface area contributed by atoms with Gasteiger partial charge in [-0.25, -0.2) is 18.2 Å². The Balaban J connectivity index is 1.73. The van der Waals surface area contributed by atoms with Crippen LogP contribution in [0.2, 0.25) is 0 Å². The number of nitrogens with one attached hydrogen (secondary N) is 1. The summed E-state index contributed by atoms with van der Waals surface area (Å²) in [7, 11) is -3.55. The minimum Gasteiger partial charge on any atom is -0.478 e. The Morgan fingerprint density at radius 3 is 2.57 bits per heavy atom. The van der Waals surface area contributed by atoms with E-state index in [0.29, 0.717) is 31.6 Å². The lowest BCUT2D eigenvalue weighted by molar-refractivity contribution is 0.0696. The number of carbonyl (C=O) groups is 1. The molecule has 0 amide bonds. The molecule has 1 aliphatic rings. The number of aromatic amines is 1. The van der Waals surface area contributed by atoms with Gasteiger partial charge in [-0.1, -0.05) is 0 Å². The zero-order valence-corrected chi connectivity index (χ0v) is 13.3. The second-order valence-corrected chi connectivity index (χ2v) is 7.35. The molecular formula is C13H17N5O4S. The molecule has 2 aromatic heterocycles. The standard InChI is InChI=1S/C13H17N5O4S/c1-9-11(13(19)20)6-16-18(9)10-2-4-17(5-3-10)23(21,22)12-7-14-8-15-12/h6-8,10H,2-5H2,1H3,(H,14,15)(H,19,20). The molecule has 3 heterocycles. The molecule has 0 unspecified atom stereocenters. The van der Waals surface area contributed by atoms with Gasteiger partial charge in [0.05, 0.1) is 30.5 Å². The highest BCUT2D eigenvalue weighted by Crippen LogP contribution is 2.27. The molecule has 23 heavy (non-hydrogen) atoms.